The summed E-state index contributed by atoms with van der Waals surface area (Å²) in [5.74, 6) is 0.214. The Kier molecular flexibility index (Phi) is 5.00. The van der Waals surface area contributed by atoms with Crippen LogP contribution in [-0.2, 0) is 23.1 Å². The molecule has 1 atom stereocenters. The average molecular weight is 396 g/mol. The molecule has 26 heavy (non-hydrogen) atoms. The van der Waals surface area contributed by atoms with Crippen LogP contribution >= 0.6 is 11.6 Å². The van der Waals surface area contributed by atoms with E-state index in [1.165, 1.54) is 0 Å². The van der Waals surface area contributed by atoms with Crippen LogP contribution in [0.4, 0.5) is 0 Å². The average Bonchev–Trinajstić information content (AvgIpc) is 3.32. The molecule has 7 nitrogen and oxygen atoms in total. The standard InChI is InChI=1S/C17H22ClN5O2S/c18-15-5-3-14(4-6-15)9-22-10-16(19-20-22)11-23-12-17(13-26(23,24)25)21-7-1-2-8-21/h3-6,10,17H,1-2,7-9,11-13H2. The molecule has 1 unspecified atom stereocenters. The molecule has 0 N–H and O–H groups in total. The number of rotatable bonds is 5. The zero-order chi connectivity index (χ0) is 18.1. The van der Waals surface area contributed by atoms with Crippen molar-refractivity contribution in [2.45, 2.75) is 32.0 Å². The summed E-state index contributed by atoms with van der Waals surface area (Å²) in [7, 11) is -3.23. The predicted molar refractivity (Wildman–Crippen MR) is 99.4 cm³/mol. The number of hydrogen-bond acceptors (Lipinski definition) is 5. The van der Waals surface area contributed by atoms with E-state index in [1.54, 1.807) is 8.99 Å². The highest BCUT2D eigenvalue weighted by molar-refractivity contribution is 7.89. The van der Waals surface area contributed by atoms with Gasteiger partial charge in [-0.05, 0) is 43.6 Å². The summed E-state index contributed by atoms with van der Waals surface area (Å²) >= 11 is 5.90. The van der Waals surface area contributed by atoms with Crippen molar-refractivity contribution in [1.82, 2.24) is 24.2 Å². The topological polar surface area (TPSA) is 71.3 Å². The van der Waals surface area contributed by atoms with Gasteiger partial charge in [0.1, 0.15) is 0 Å². The van der Waals surface area contributed by atoms with Gasteiger partial charge in [0.05, 0.1) is 30.7 Å². The molecular formula is C17H22ClN5O2S. The molecule has 140 valence electrons. The van der Waals surface area contributed by atoms with Crippen LogP contribution in [0.1, 0.15) is 24.1 Å². The number of benzene rings is 1. The van der Waals surface area contributed by atoms with Crippen LogP contribution in [-0.4, -0.2) is 64.0 Å². The Bertz CT molecular complexity index is 862. The Hall–Kier alpha value is -1.48. The molecule has 2 aromatic rings. The third kappa shape index (κ3) is 3.93. The van der Waals surface area contributed by atoms with E-state index < -0.39 is 10.0 Å². The summed E-state index contributed by atoms with van der Waals surface area (Å²) in [6.45, 7) is 3.42. The van der Waals surface area contributed by atoms with Gasteiger partial charge in [0.2, 0.25) is 10.0 Å². The quantitative estimate of drug-likeness (QED) is 0.768. The van der Waals surface area contributed by atoms with Crippen molar-refractivity contribution in [3.8, 4) is 0 Å². The normalized spacial score (nSPS) is 23.7. The van der Waals surface area contributed by atoms with Gasteiger partial charge in [-0.2, -0.15) is 4.31 Å². The highest BCUT2D eigenvalue weighted by Gasteiger charge is 2.39. The van der Waals surface area contributed by atoms with E-state index in [9.17, 15) is 8.42 Å². The molecule has 2 aliphatic rings. The largest absolute Gasteiger partial charge is 0.298 e. The van der Waals surface area contributed by atoms with E-state index in [-0.39, 0.29) is 18.3 Å². The van der Waals surface area contributed by atoms with Gasteiger partial charge in [0, 0.05) is 17.6 Å². The fourth-order valence-corrected chi connectivity index (χ4v) is 5.55. The van der Waals surface area contributed by atoms with Crippen molar-refractivity contribution in [1.29, 1.82) is 0 Å². The lowest BCUT2D eigenvalue weighted by atomic mass is 10.2. The fraction of sp³-hybridized carbons (Fsp3) is 0.529. The van der Waals surface area contributed by atoms with E-state index in [1.807, 2.05) is 30.5 Å². The van der Waals surface area contributed by atoms with Gasteiger partial charge in [0.25, 0.3) is 0 Å². The van der Waals surface area contributed by atoms with Crippen LogP contribution in [0.25, 0.3) is 0 Å². The van der Waals surface area contributed by atoms with E-state index in [2.05, 4.69) is 15.2 Å². The van der Waals surface area contributed by atoms with E-state index in [4.69, 9.17) is 11.6 Å². The van der Waals surface area contributed by atoms with Crippen LogP contribution in [0, 0.1) is 0 Å². The third-order valence-electron chi connectivity index (χ3n) is 5.05. The molecule has 4 rings (SSSR count). The molecule has 0 amide bonds. The lowest BCUT2D eigenvalue weighted by Gasteiger charge is -2.21. The summed E-state index contributed by atoms with van der Waals surface area (Å²) < 4.78 is 28.3. The van der Waals surface area contributed by atoms with Crippen LogP contribution in [0.3, 0.4) is 0 Å². The lowest BCUT2D eigenvalue weighted by molar-refractivity contribution is 0.241. The van der Waals surface area contributed by atoms with Gasteiger partial charge in [-0.3, -0.25) is 4.90 Å². The van der Waals surface area contributed by atoms with Crippen LogP contribution < -0.4 is 0 Å². The molecule has 0 bridgehead atoms. The minimum absolute atomic E-state index is 0.103. The Morgan fingerprint density at radius 3 is 2.58 bits per heavy atom. The first-order valence-corrected chi connectivity index (χ1v) is 10.8. The summed E-state index contributed by atoms with van der Waals surface area (Å²) in [5, 5.41) is 8.96. The monoisotopic (exact) mass is 395 g/mol. The van der Waals surface area contributed by atoms with Crippen molar-refractivity contribution < 1.29 is 8.42 Å². The number of likely N-dealkylation sites (tertiary alicyclic amines) is 1. The molecule has 2 fully saturated rings. The first-order valence-electron chi connectivity index (χ1n) is 8.85. The molecule has 1 aromatic heterocycles. The number of aromatic nitrogens is 3. The molecule has 0 radical (unpaired) electrons. The van der Waals surface area contributed by atoms with Crippen molar-refractivity contribution >= 4 is 21.6 Å². The molecule has 9 heteroatoms. The summed E-state index contributed by atoms with van der Waals surface area (Å²) in [4.78, 5) is 2.30. The second kappa shape index (κ2) is 7.26. The predicted octanol–water partition coefficient (Wildman–Crippen LogP) is 1.59. The van der Waals surface area contributed by atoms with E-state index >= 15 is 0 Å². The van der Waals surface area contributed by atoms with Gasteiger partial charge in [-0.25, -0.2) is 13.1 Å². The SMILES string of the molecule is O=S1(=O)CC(N2CCCC2)CN1Cc1cn(Cc2ccc(Cl)cc2)nn1. The first-order chi connectivity index (χ1) is 12.5. The highest BCUT2D eigenvalue weighted by Crippen LogP contribution is 2.23. The Morgan fingerprint density at radius 1 is 1.12 bits per heavy atom. The smallest absolute Gasteiger partial charge is 0.216 e. The first kappa shape index (κ1) is 17.9. The molecule has 0 saturated carbocycles. The zero-order valence-corrected chi connectivity index (χ0v) is 16.0. The maximum absolute atomic E-state index is 12.5. The number of hydrogen-bond donors (Lipinski definition) is 0. The Labute approximate surface area is 158 Å². The Balaban J connectivity index is 1.41. The van der Waals surface area contributed by atoms with Gasteiger partial charge in [-0.1, -0.05) is 28.9 Å². The van der Waals surface area contributed by atoms with Crippen molar-refractivity contribution in [2.75, 3.05) is 25.4 Å². The van der Waals surface area contributed by atoms with Gasteiger partial charge in [0.15, 0.2) is 0 Å². The molecule has 2 aliphatic heterocycles. The van der Waals surface area contributed by atoms with E-state index in [0.29, 0.717) is 23.8 Å². The summed E-state index contributed by atoms with van der Waals surface area (Å²) in [5.41, 5.74) is 1.73. The molecule has 3 heterocycles. The van der Waals surface area contributed by atoms with Gasteiger partial charge in [-0.15, -0.1) is 5.10 Å². The van der Waals surface area contributed by atoms with Crippen LogP contribution in [0.5, 0.6) is 0 Å². The van der Waals surface area contributed by atoms with Crippen LogP contribution in [0.2, 0.25) is 5.02 Å². The fourth-order valence-electron chi connectivity index (χ4n) is 3.69. The Morgan fingerprint density at radius 2 is 1.85 bits per heavy atom. The minimum atomic E-state index is -3.23. The van der Waals surface area contributed by atoms with E-state index in [0.717, 1.165) is 31.5 Å². The van der Waals surface area contributed by atoms with Gasteiger partial charge >= 0.3 is 0 Å². The number of sulfonamides is 1. The van der Waals surface area contributed by atoms with Crippen molar-refractivity contribution in [2.24, 2.45) is 0 Å². The lowest BCUT2D eigenvalue weighted by Crippen LogP contribution is -2.36. The van der Waals surface area contributed by atoms with Crippen molar-refractivity contribution in [3.63, 3.8) is 0 Å². The molecule has 0 aliphatic carbocycles. The van der Waals surface area contributed by atoms with Crippen molar-refractivity contribution in [3.05, 3.63) is 46.7 Å². The highest BCUT2D eigenvalue weighted by atomic mass is 35.5. The maximum atomic E-state index is 12.5. The minimum Gasteiger partial charge on any atom is -0.298 e. The number of nitrogens with zero attached hydrogens (tertiary/aromatic N) is 5. The zero-order valence-electron chi connectivity index (χ0n) is 14.5. The summed E-state index contributed by atoms with van der Waals surface area (Å²) in [6, 6.07) is 7.66. The molecular weight excluding hydrogens is 374 g/mol. The molecule has 1 aromatic carbocycles. The summed E-state index contributed by atoms with van der Waals surface area (Å²) in [6.07, 6.45) is 4.14. The molecule has 0 spiro atoms. The second-order valence-corrected chi connectivity index (χ2v) is 9.45. The van der Waals surface area contributed by atoms with Crippen LogP contribution in [0.15, 0.2) is 30.5 Å². The maximum Gasteiger partial charge on any atom is 0.216 e. The molecule has 2 saturated heterocycles. The van der Waals surface area contributed by atoms with Gasteiger partial charge < -0.3 is 0 Å². The number of halogens is 1. The second-order valence-electron chi connectivity index (χ2n) is 7.00. The third-order valence-corrected chi connectivity index (χ3v) is 7.17.